The molecule has 0 aliphatic carbocycles. The maximum absolute atomic E-state index is 10.7. The minimum Gasteiger partial charge on any atom is -0.391 e. The highest BCUT2D eigenvalue weighted by molar-refractivity contribution is 5.55. The van der Waals surface area contributed by atoms with E-state index >= 15 is 0 Å². The molecule has 0 heterocycles. The van der Waals surface area contributed by atoms with Crippen molar-refractivity contribution in [2.75, 3.05) is 18.5 Å². The third-order valence-electron chi connectivity index (χ3n) is 2.77. The maximum atomic E-state index is 10.7. The highest BCUT2D eigenvalue weighted by Gasteiger charge is 2.14. The topological polar surface area (TPSA) is 66.6 Å². The lowest BCUT2D eigenvalue weighted by molar-refractivity contribution is -0.385. The number of nitrogens with zero attached hydrogens (tertiary/aromatic N) is 2. The number of hydrogen-bond acceptors (Lipinski definition) is 4. The molecule has 0 unspecified atom stereocenters. The van der Waals surface area contributed by atoms with E-state index in [0.717, 1.165) is 25.1 Å². The van der Waals surface area contributed by atoms with Crippen molar-refractivity contribution in [1.82, 2.24) is 0 Å². The molecule has 0 aliphatic rings. The lowest BCUT2D eigenvalue weighted by atomic mass is 10.1. The number of rotatable bonds is 7. The Morgan fingerprint density at radius 2 is 2.28 bits per heavy atom. The summed E-state index contributed by atoms with van der Waals surface area (Å²) < 4.78 is 0. The molecule has 0 bridgehead atoms. The van der Waals surface area contributed by atoms with Crippen molar-refractivity contribution in [3.8, 4) is 0 Å². The van der Waals surface area contributed by atoms with Crippen LogP contribution in [0, 0.1) is 10.1 Å². The second-order valence-corrected chi connectivity index (χ2v) is 4.08. The highest BCUT2D eigenvalue weighted by atomic mass is 16.6. The van der Waals surface area contributed by atoms with E-state index in [4.69, 9.17) is 5.11 Å². The standard InChI is InChI=1S/C13H18N2O3/c1-3-4-5-8-14(2)12-6-7-13(15(17)18)11(9-12)10-16/h3,6-7,9,16H,1,4-5,8,10H2,2H3. The Morgan fingerprint density at radius 1 is 1.56 bits per heavy atom. The van der Waals surface area contributed by atoms with E-state index in [1.807, 2.05) is 18.0 Å². The average molecular weight is 250 g/mol. The Bertz CT molecular complexity index is 432. The molecule has 5 nitrogen and oxygen atoms in total. The van der Waals surface area contributed by atoms with Crippen LogP contribution < -0.4 is 4.90 Å². The van der Waals surface area contributed by atoms with Crippen molar-refractivity contribution in [2.45, 2.75) is 19.4 Å². The fourth-order valence-electron chi connectivity index (χ4n) is 1.72. The summed E-state index contributed by atoms with van der Waals surface area (Å²) in [5.41, 5.74) is 1.17. The number of unbranched alkanes of at least 4 members (excludes halogenated alkanes) is 1. The van der Waals surface area contributed by atoms with Gasteiger partial charge in [0.25, 0.3) is 5.69 Å². The molecule has 0 spiro atoms. The summed E-state index contributed by atoms with van der Waals surface area (Å²) in [7, 11) is 1.92. The van der Waals surface area contributed by atoms with E-state index in [2.05, 4.69) is 6.58 Å². The zero-order valence-corrected chi connectivity index (χ0v) is 10.5. The van der Waals surface area contributed by atoms with Crippen molar-refractivity contribution in [1.29, 1.82) is 0 Å². The van der Waals surface area contributed by atoms with Crippen molar-refractivity contribution in [2.24, 2.45) is 0 Å². The number of benzene rings is 1. The minimum absolute atomic E-state index is 0.0410. The van der Waals surface area contributed by atoms with Gasteiger partial charge in [0.05, 0.1) is 17.1 Å². The number of hydrogen-bond donors (Lipinski definition) is 1. The van der Waals surface area contributed by atoms with Gasteiger partial charge in [-0.05, 0) is 25.0 Å². The van der Waals surface area contributed by atoms with E-state index in [1.165, 1.54) is 6.07 Å². The second kappa shape index (κ2) is 6.76. The van der Waals surface area contributed by atoms with E-state index in [9.17, 15) is 10.1 Å². The molecule has 0 aliphatic heterocycles. The Labute approximate surface area is 107 Å². The molecule has 0 fully saturated rings. The van der Waals surface area contributed by atoms with Crippen LogP contribution in [-0.4, -0.2) is 23.6 Å². The number of aliphatic hydroxyl groups is 1. The molecule has 0 radical (unpaired) electrons. The third-order valence-corrected chi connectivity index (χ3v) is 2.77. The molecule has 0 amide bonds. The van der Waals surface area contributed by atoms with E-state index < -0.39 is 4.92 Å². The van der Waals surface area contributed by atoms with Crippen LogP contribution in [-0.2, 0) is 6.61 Å². The maximum Gasteiger partial charge on any atom is 0.275 e. The van der Waals surface area contributed by atoms with E-state index in [1.54, 1.807) is 12.1 Å². The average Bonchev–Trinajstić information content (AvgIpc) is 2.37. The van der Waals surface area contributed by atoms with Crippen molar-refractivity contribution in [3.05, 3.63) is 46.5 Å². The van der Waals surface area contributed by atoms with E-state index in [-0.39, 0.29) is 12.3 Å². The first kappa shape index (κ1) is 14.2. The summed E-state index contributed by atoms with van der Waals surface area (Å²) in [6, 6.07) is 4.79. The summed E-state index contributed by atoms with van der Waals surface area (Å²) in [5, 5.41) is 19.9. The largest absolute Gasteiger partial charge is 0.391 e. The van der Waals surface area contributed by atoms with Crippen LogP contribution in [0.25, 0.3) is 0 Å². The summed E-state index contributed by atoms with van der Waals surface area (Å²) in [6.45, 7) is 4.18. The number of allylic oxidation sites excluding steroid dienone is 1. The number of nitro groups is 1. The summed E-state index contributed by atoms with van der Waals surface area (Å²) in [5.74, 6) is 0. The second-order valence-electron chi connectivity index (χ2n) is 4.08. The van der Waals surface area contributed by atoms with Crippen LogP contribution in [0.15, 0.2) is 30.9 Å². The van der Waals surface area contributed by atoms with Gasteiger partial charge in [-0.3, -0.25) is 10.1 Å². The molecule has 18 heavy (non-hydrogen) atoms. The van der Waals surface area contributed by atoms with Gasteiger partial charge in [-0.25, -0.2) is 0 Å². The summed E-state index contributed by atoms with van der Waals surface area (Å²) in [4.78, 5) is 12.3. The van der Waals surface area contributed by atoms with Gasteiger partial charge in [0, 0.05) is 25.3 Å². The monoisotopic (exact) mass is 250 g/mol. The van der Waals surface area contributed by atoms with Crippen LogP contribution in [0.4, 0.5) is 11.4 Å². The zero-order valence-electron chi connectivity index (χ0n) is 10.5. The summed E-state index contributed by atoms with van der Waals surface area (Å²) >= 11 is 0. The van der Waals surface area contributed by atoms with Gasteiger partial charge in [-0.1, -0.05) is 6.08 Å². The predicted molar refractivity (Wildman–Crippen MR) is 71.7 cm³/mol. The molecule has 0 saturated carbocycles. The van der Waals surface area contributed by atoms with Gasteiger partial charge in [0.15, 0.2) is 0 Å². The Morgan fingerprint density at radius 3 is 2.83 bits per heavy atom. The Balaban J connectivity index is 2.84. The van der Waals surface area contributed by atoms with Crippen LogP contribution in [0.2, 0.25) is 0 Å². The fraction of sp³-hybridized carbons (Fsp3) is 0.385. The van der Waals surface area contributed by atoms with Crippen LogP contribution >= 0.6 is 0 Å². The third kappa shape index (κ3) is 3.56. The molecule has 5 heteroatoms. The smallest absolute Gasteiger partial charge is 0.275 e. The van der Waals surface area contributed by atoms with Gasteiger partial charge in [-0.2, -0.15) is 0 Å². The molecule has 0 saturated heterocycles. The molecule has 98 valence electrons. The molecule has 0 aromatic heterocycles. The predicted octanol–water partition coefficient (Wildman–Crippen LogP) is 2.49. The van der Waals surface area contributed by atoms with Crippen molar-refractivity contribution >= 4 is 11.4 Å². The first-order valence-corrected chi connectivity index (χ1v) is 5.80. The molecule has 1 aromatic rings. The SMILES string of the molecule is C=CCCCN(C)c1ccc([N+](=O)[O-])c(CO)c1. The van der Waals surface area contributed by atoms with Crippen molar-refractivity contribution in [3.63, 3.8) is 0 Å². The van der Waals surface area contributed by atoms with Crippen LogP contribution in [0.3, 0.4) is 0 Å². The van der Waals surface area contributed by atoms with Crippen LogP contribution in [0.1, 0.15) is 18.4 Å². The fourth-order valence-corrected chi connectivity index (χ4v) is 1.72. The van der Waals surface area contributed by atoms with Gasteiger partial charge in [0.2, 0.25) is 0 Å². The van der Waals surface area contributed by atoms with Gasteiger partial charge < -0.3 is 10.0 Å². The number of aliphatic hydroxyl groups excluding tert-OH is 1. The van der Waals surface area contributed by atoms with Gasteiger partial charge in [0.1, 0.15) is 0 Å². The molecule has 1 aromatic carbocycles. The lowest BCUT2D eigenvalue weighted by Gasteiger charge is -2.19. The normalized spacial score (nSPS) is 10.1. The number of anilines is 1. The van der Waals surface area contributed by atoms with Crippen molar-refractivity contribution < 1.29 is 10.0 Å². The molecular formula is C13H18N2O3. The Hall–Kier alpha value is -1.88. The zero-order chi connectivity index (χ0) is 13.5. The van der Waals surface area contributed by atoms with Gasteiger partial charge in [-0.15, -0.1) is 6.58 Å². The van der Waals surface area contributed by atoms with E-state index in [0.29, 0.717) is 5.56 Å². The first-order valence-electron chi connectivity index (χ1n) is 5.80. The van der Waals surface area contributed by atoms with Crippen LogP contribution in [0.5, 0.6) is 0 Å². The first-order chi connectivity index (χ1) is 8.60. The molecule has 1 N–H and O–H groups in total. The number of nitro benzene ring substituents is 1. The summed E-state index contributed by atoms with van der Waals surface area (Å²) in [6.07, 6.45) is 3.78. The molecule has 0 atom stereocenters. The molecule has 1 rings (SSSR count). The molecular weight excluding hydrogens is 232 g/mol. The highest BCUT2D eigenvalue weighted by Crippen LogP contribution is 2.24. The minimum atomic E-state index is -0.479. The Kier molecular flexibility index (Phi) is 5.32. The van der Waals surface area contributed by atoms with Gasteiger partial charge >= 0.3 is 0 Å². The lowest BCUT2D eigenvalue weighted by Crippen LogP contribution is -2.18. The quantitative estimate of drug-likeness (QED) is 0.349.